The predicted molar refractivity (Wildman–Crippen MR) is 110 cm³/mol. The number of fused-ring (bicyclic) bond motifs is 1. The molecule has 2 aromatic carbocycles. The van der Waals surface area contributed by atoms with E-state index in [0.29, 0.717) is 17.3 Å². The first-order valence-corrected chi connectivity index (χ1v) is 10.00. The monoisotopic (exact) mass is 384 g/mol. The molecule has 1 amide bonds. The summed E-state index contributed by atoms with van der Waals surface area (Å²) >= 11 is 1.42. The van der Waals surface area contributed by atoms with E-state index in [2.05, 4.69) is 17.2 Å². The maximum absolute atomic E-state index is 12.4. The Labute approximate surface area is 163 Å². The number of benzene rings is 2. The van der Waals surface area contributed by atoms with Crippen molar-refractivity contribution >= 4 is 32.6 Å². The Morgan fingerprint density at radius 1 is 1.07 bits per heavy atom. The molecule has 27 heavy (non-hydrogen) atoms. The van der Waals surface area contributed by atoms with Gasteiger partial charge in [-0.15, -0.1) is 0 Å². The number of rotatable bonds is 9. The highest BCUT2D eigenvalue weighted by Crippen LogP contribution is 2.29. The second-order valence-electron chi connectivity index (χ2n) is 6.24. The molecule has 142 valence electrons. The second kappa shape index (κ2) is 9.37. The molecule has 0 atom stereocenters. The molecule has 0 unspecified atom stereocenters. The number of nitrogens with one attached hydrogen (secondary N) is 1. The van der Waals surface area contributed by atoms with Gasteiger partial charge >= 0.3 is 0 Å². The van der Waals surface area contributed by atoms with E-state index in [4.69, 9.17) is 9.47 Å². The number of carbonyl (C=O) groups is 1. The number of nitrogens with zero attached hydrogens (tertiary/aromatic N) is 1. The lowest BCUT2D eigenvalue weighted by atomic mass is 10.2. The SMILES string of the molecule is CCCCCCOc1ccc(C(=O)Nc2nc3ccc(OC)cc3s2)cc1. The first-order valence-electron chi connectivity index (χ1n) is 9.18. The zero-order chi connectivity index (χ0) is 19.1. The fourth-order valence-electron chi connectivity index (χ4n) is 2.68. The smallest absolute Gasteiger partial charge is 0.257 e. The van der Waals surface area contributed by atoms with Crippen LogP contribution in [0.5, 0.6) is 11.5 Å². The van der Waals surface area contributed by atoms with Crippen molar-refractivity contribution in [3.63, 3.8) is 0 Å². The summed E-state index contributed by atoms with van der Waals surface area (Å²) in [5, 5.41) is 3.43. The number of methoxy groups -OCH3 is 1. The van der Waals surface area contributed by atoms with Crippen molar-refractivity contribution in [3.05, 3.63) is 48.0 Å². The summed E-state index contributed by atoms with van der Waals surface area (Å²) in [6.07, 6.45) is 4.69. The van der Waals surface area contributed by atoms with Crippen molar-refractivity contribution in [2.45, 2.75) is 32.6 Å². The molecule has 0 saturated heterocycles. The van der Waals surface area contributed by atoms with Gasteiger partial charge in [-0.05, 0) is 48.9 Å². The molecule has 0 saturated carbocycles. The van der Waals surface area contributed by atoms with Crippen LogP contribution >= 0.6 is 11.3 Å². The number of unbranched alkanes of at least 4 members (excludes halogenated alkanes) is 3. The molecule has 0 spiro atoms. The van der Waals surface area contributed by atoms with Gasteiger partial charge in [0.15, 0.2) is 5.13 Å². The van der Waals surface area contributed by atoms with Gasteiger partial charge in [-0.3, -0.25) is 10.1 Å². The lowest BCUT2D eigenvalue weighted by Crippen LogP contribution is -2.11. The third kappa shape index (κ3) is 5.20. The standard InChI is InChI=1S/C21H24N2O3S/c1-3-4-5-6-13-26-16-9-7-15(8-10-16)20(24)23-21-22-18-12-11-17(25-2)14-19(18)27-21/h7-12,14H,3-6,13H2,1-2H3,(H,22,23,24). The Bertz CT molecular complexity index is 890. The average molecular weight is 385 g/mol. The van der Waals surface area contributed by atoms with E-state index in [0.717, 1.165) is 28.1 Å². The molecule has 0 bridgehead atoms. The van der Waals surface area contributed by atoms with Crippen LogP contribution in [-0.4, -0.2) is 24.6 Å². The van der Waals surface area contributed by atoms with Gasteiger partial charge in [0.1, 0.15) is 11.5 Å². The van der Waals surface area contributed by atoms with Crippen molar-refractivity contribution < 1.29 is 14.3 Å². The average Bonchev–Trinajstić information content (AvgIpc) is 3.09. The number of carbonyl (C=O) groups excluding carboxylic acids is 1. The van der Waals surface area contributed by atoms with Gasteiger partial charge in [0.05, 0.1) is 23.9 Å². The van der Waals surface area contributed by atoms with Gasteiger partial charge in [0.2, 0.25) is 0 Å². The molecule has 3 rings (SSSR count). The molecule has 0 fully saturated rings. The Morgan fingerprint density at radius 3 is 2.59 bits per heavy atom. The van der Waals surface area contributed by atoms with E-state index in [1.807, 2.05) is 30.3 Å². The summed E-state index contributed by atoms with van der Waals surface area (Å²) in [6.45, 7) is 2.90. The van der Waals surface area contributed by atoms with Crippen LogP contribution in [0.15, 0.2) is 42.5 Å². The zero-order valence-corrected chi connectivity index (χ0v) is 16.5. The molecule has 0 aliphatic heterocycles. The van der Waals surface area contributed by atoms with Gasteiger partial charge in [-0.2, -0.15) is 0 Å². The minimum Gasteiger partial charge on any atom is -0.497 e. The van der Waals surface area contributed by atoms with Crippen molar-refractivity contribution in [1.29, 1.82) is 0 Å². The van der Waals surface area contributed by atoms with Crippen LogP contribution in [-0.2, 0) is 0 Å². The molecule has 5 nitrogen and oxygen atoms in total. The normalized spacial score (nSPS) is 10.7. The number of thiazole rings is 1. The largest absolute Gasteiger partial charge is 0.497 e. The Kier molecular flexibility index (Phi) is 6.65. The van der Waals surface area contributed by atoms with Crippen LogP contribution in [0.2, 0.25) is 0 Å². The van der Waals surface area contributed by atoms with E-state index < -0.39 is 0 Å². The van der Waals surface area contributed by atoms with Crippen LogP contribution in [0.3, 0.4) is 0 Å². The fraction of sp³-hybridized carbons (Fsp3) is 0.333. The Morgan fingerprint density at radius 2 is 1.85 bits per heavy atom. The van der Waals surface area contributed by atoms with Gasteiger partial charge < -0.3 is 9.47 Å². The van der Waals surface area contributed by atoms with Gasteiger partial charge in [-0.25, -0.2) is 4.98 Å². The van der Waals surface area contributed by atoms with Gasteiger partial charge in [0, 0.05) is 5.56 Å². The number of hydrogen-bond donors (Lipinski definition) is 1. The Balaban J connectivity index is 1.57. The third-order valence-electron chi connectivity index (χ3n) is 4.20. The topological polar surface area (TPSA) is 60.5 Å². The van der Waals surface area contributed by atoms with Crippen LogP contribution in [0, 0.1) is 0 Å². The van der Waals surface area contributed by atoms with E-state index in [-0.39, 0.29) is 5.91 Å². The molecule has 6 heteroatoms. The van der Waals surface area contributed by atoms with Gasteiger partial charge in [-0.1, -0.05) is 37.5 Å². The highest BCUT2D eigenvalue weighted by atomic mass is 32.1. The molecule has 0 aliphatic carbocycles. The summed E-state index contributed by atoms with van der Waals surface area (Å²) in [6, 6.07) is 12.9. The molecular formula is C21H24N2O3S. The maximum atomic E-state index is 12.4. The van der Waals surface area contributed by atoms with Crippen molar-refractivity contribution in [1.82, 2.24) is 4.98 Å². The second-order valence-corrected chi connectivity index (χ2v) is 7.27. The first-order chi connectivity index (χ1) is 13.2. The lowest BCUT2D eigenvalue weighted by molar-refractivity contribution is 0.102. The number of aromatic nitrogens is 1. The predicted octanol–water partition coefficient (Wildman–Crippen LogP) is 5.52. The van der Waals surface area contributed by atoms with Crippen molar-refractivity contribution in [2.24, 2.45) is 0 Å². The van der Waals surface area contributed by atoms with E-state index in [9.17, 15) is 4.79 Å². The van der Waals surface area contributed by atoms with Crippen molar-refractivity contribution in [2.75, 3.05) is 19.0 Å². The fourth-order valence-corrected chi connectivity index (χ4v) is 3.57. The number of amides is 1. The molecule has 1 N–H and O–H groups in total. The highest BCUT2D eigenvalue weighted by Gasteiger charge is 2.11. The Hall–Kier alpha value is -2.60. The van der Waals surface area contributed by atoms with Crippen LogP contribution in [0.25, 0.3) is 10.2 Å². The van der Waals surface area contributed by atoms with E-state index in [1.165, 1.54) is 30.6 Å². The quantitative estimate of drug-likeness (QED) is 0.494. The van der Waals surface area contributed by atoms with E-state index in [1.54, 1.807) is 19.2 Å². The molecule has 1 heterocycles. The van der Waals surface area contributed by atoms with Crippen LogP contribution in [0.1, 0.15) is 43.0 Å². The number of anilines is 1. The van der Waals surface area contributed by atoms with E-state index >= 15 is 0 Å². The third-order valence-corrected chi connectivity index (χ3v) is 5.13. The van der Waals surface area contributed by atoms with Crippen LogP contribution < -0.4 is 14.8 Å². The van der Waals surface area contributed by atoms with Crippen LogP contribution in [0.4, 0.5) is 5.13 Å². The maximum Gasteiger partial charge on any atom is 0.257 e. The minimum atomic E-state index is -0.185. The molecule has 1 aromatic heterocycles. The van der Waals surface area contributed by atoms with Gasteiger partial charge in [0.25, 0.3) is 5.91 Å². The summed E-state index contributed by atoms with van der Waals surface area (Å²) in [4.78, 5) is 16.9. The zero-order valence-electron chi connectivity index (χ0n) is 15.7. The molecule has 0 aliphatic rings. The summed E-state index contributed by atoms with van der Waals surface area (Å²) in [7, 11) is 1.63. The highest BCUT2D eigenvalue weighted by molar-refractivity contribution is 7.22. The summed E-state index contributed by atoms with van der Waals surface area (Å²) < 4.78 is 11.9. The van der Waals surface area contributed by atoms with Crippen molar-refractivity contribution in [3.8, 4) is 11.5 Å². The molecule has 0 radical (unpaired) electrons. The summed E-state index contributed by atoms with van der Waals surface area (Å²) in [5.74, 6) is 1.37. The minimum absolute atomic E-state index is 0.185. The number of ether oxygens (including phenoxy) is 2. The first kappa shape index (κ1) is 19.2. The molecular weight excluding hydrogens is 360 g/mol. The lowest BCUT2D eigenvalue weighted by Gasteiger charge is -2.07. The number of hydrogen-bond acceptors (Lipinski definition) is 5. The summed E-state index contributed by atoms with van der Waals surface area (Å²) in [5.41, 5.74) is 1.41. The molecule has 3 aromatic rings.